The van der Waals surface area contributed by atoms with Gasteiger partial charge in [0.25, 0.3) is 0 Å². The van der Waals surface area contributed by atoms with Crippen molar-refractivity contribution in [1.29, 1.82) is 0 Å². The molecule has 1 aromatic rings. The zero-order valence-corrected chi connectivity index (χ0v) is 13.2. The summed E-state index contributed by atoms with van der Waals surface area (Å²) in [5.74, 6) is 2.02. The topological polar surface area (TPSA) is 18.5 Å². The Kier molecular flexibility index (Phi) is 5.71. The Morgan fingerprint density at radius 1 is 1.05 bits per heavy atom. The summed E-state index contributed by atoms with van der Waals surface area (Å²) in [5, 5.41) is 0. The maximum atomic E-state index is 5.74. The van der Waals surface area contributed by atoms with Crippen molar-refractivity contribution in [2.75, 3.05) is 0 Å². The largest absolute Gasteiger partial charge is 0.449 e. The normalized spacial score (nSPS) is 15.1. The van der Waals surface area contributed by atoms with Gasteiger partial charge < -0.3 is 9.47 Å². The molecule has 0 aromatic heterocycles. The lowest BCUT2D eigenvalue weighted by Gasteiger charge is -2.16. The molecule has 0 aliphatic carbocycles. The Balaban J connectivity index is 0.000000861. The van der Waals surface area contributed by atoms with Gasteiger partial charge in [-0.1, -0.05) is 40.2 Å². The van der Waals surface area contributed by atoms with Gasteiger partial charge in [-0.2, -0.15) is 0 Å². The van der Waals surface area contributed by atoms with Crippen LogP contribution in [0.25, 0.3) is 0 Å². The van der Waals surface area contributed by atoms with Gasteiger partial charge in [-0.25, -0.2) is 0 Å². The van der Waals surface area contributed by atoms with Crippen molar-refractivity contribution in [3.05, 3.63) is 23.8 Å². The summed E-state index contributed by atoms with van der Waals surface area (Å²) in [4.78, 5) is 0. The van der Waals surface area contributed by atoms with Crippen molar-refractivity contribution in [3.63, 3.8) is 0 Å². The Labute approximate surface area is 118 Å². The van der Waals surface area contributed by atoms with Gasteiger partial charge in [0.2, 0.25) is 5.79 Å². The average Bonchev–Trinajstić information content (AvgIpc) is 2.64. The standard InChI is InChI=1S/C15H22O2.C2H6/c1-11(2)6-5-7-12-8-9-13-14(10-12)17-15(3,4)16-13;1-2/h8-11H,5-7H2,1-4H3;1-2H3. The number of fused-ring (bicyclic) bond motifs is 1. The van der Waals surface area contributed by atoms with Gasteiger partial charge >= 0.3 is 0 Å². The van der Waals surface area contributed by atoms with Crippen molar-refractivity contribution in [3.8, 4) is 11.5 Å². The average molecular weight is 264 g/mol. The SMILES string of the molecule is CC.CC(C)CCCc1ccc2c(c1)OC(C)(C)O2. The van der Waals surface area contributed by atoms with Crippen molar-refractivity contribution in [1.82, 2.24) is 0 Å². The third-order valence-corrected chi connectivity index (χ3v) is 2.97. The van der Waals surface area contributed by atoms with E-state index in [0.717, 1.165) is 23.8 Å². The van der Waals surface area contributed by atoms with Crippen molar-refractivity contribution in [2.45, 2.75) is 66.6 Å². The van der Waals surface area contributed by atoms with Gasteiger partial charge in [0.15, 0.2) is 11.5 Å². The highest BCUT2D eigenvalue weighted by Gasteiger charge is 2.31. The van der Waals surface area contributed by atoms with Crippen LogP contribution in [-0.4, -0.2) is 5.79 Å². The molecule has 0 atom stereocenters. The molecule has 1 aromatic carbocycles. The molecule has 0 radical (unpaired) electrons. The Bertz CT molecular complexity index is 394. The van der Waals surface area contributed by atoms with E-state index in [1.165, 1.54) is 18.4 Å². The summed E-state index contributed by atoms with van der Waals surface area (Å²) >= 11 is 0. The molecule has 0 unspecified atom stereocenters. The fourth-order valence-electron chi connectivity index (χ4n) is 2.14. The lowest BCUT2D eigenvalue weighted by atomic mass is 10.0. The van der Waals surface area contributed by atoms with E-state index in [9.17, 15) is 0 Å². The molecule has 0 bridgehead atoms. The van der Waals surface area contributed by atoms with E-state index in [1.807, 2.05) is 33.8 Å². The highest BCUT2D eigenvalue weighted by molar-refractivity contribution is 5.45. The van der Waals surface area contributed by atoms with Crippen LogP contribution in [0.5, 0.6) is 11.5 Å². The highest BCUT2D eigenvalue weighted by Crippen LogP contribution is 2.39. The van der Waals surface area contributed by atoms with Crippen LogP contribution < -0.4 is 9.47 Å². The molecule has 2 rings (SSSR count). The lowest BCUT2D eigenvalue weighted by molar-refractivity contribution is -0.0431. The molecule has 108 valence electrons. The molecule has 19 heavy (non-hydrogen) atoms. The zero-order chi connectivity index (χ0) is 14.5. The van der Waals surface area contributed by atoms with Gasteiger partial charge in [0, 0.05) is 13.8 Å². The summed E-state index contributed by atoms with van der Waals surface area (Å²) in [6.45, 7) is 12.4. The van der Waals surface area contributed by atoms with E-state index >= 15 is 0 Å². The van der Waals surface area contributed by atoms with Gasteiger partial charge in [0.05, 0.1) is 0 Å². The molecule has 0 spiro atoms. The van der Waals surface area contributed by atoms with Crippen LogP contribution in [0.1, 0.15) is 59.9 Å². The predicted octanol–water partition coefficient (Wildman–Crippen LogP) is 5.20. The second-order valence-electron chi connectivity index (χ2n) is 5.67. The monoisotopic (exact) mass is 264 g/mol. The molecule has 0 saturated heterocycles. The van der Waals surface area contributed by atoms with Gasteiger partial charge in [-0.15, -0.1) is 0 Å². The summed E-state index contributed by atoms with van der Waals surface area (Å²) in [6.07, 6.45) is 3.63. The molecule has 1 heterocycles. The van der Waals surface area contributed by atoms with Crippen LogP contribution in [-0.2, 0) is 6.42 Å². The molecular weight excluding hydrogens is 236 g/mol. The number of hydrogen-bond donors (Lipinski definition) is 0. The molecule has 0 saturated carbocycles. The fraction of sp³-hybridized carbons (Fsp3) is 0.647. The molecule has 0 fully saturated rings. The van der Waals surface area contributed by atoms with E-state index in [1.54, 1.807) is 0 Å². The number of ether oxygens (including phenoxy) is 2. The first-order valence-corrected chi connectivity index (χ1v) is 7.47. The molecule has 2 heteroatoms. The Morgan fingerprint density at radius 2 is 1.68 bits per heavy atom. The van der Waals surface area contributed by atoms with Crippen LogP contribution in [0.3, 0.4) is 0 Å². The first kappa shape index (κ1) is 15.9. The number of aryl methyl sites for hydroxylation is 1. The van der Waals surface area contributed by atoms with E-state index in [4.69, 9.17) is 9.47 Å². The maximum Gasteiger partial charge on any atom is 0.246 e. The molecule has 2 nitrogen and oxygen atoms in total. The smallest absolute Gasteiger partial charge is 0.246 e. The minimum Gasteiger partial charge on any atom is -0.449 e. The lowest BCUT2D eigenvalue weighted by Crippen LogP contribution is -2.29. The molecule has 1 aliphatic heterocycles. The zero-order valence-electron chi connectivity index (χ0n) is 13.2. The second kappa shape index (κ2) is 6.83. The summed E-state index contributed by atoms with van der Waals surface area (Å²) in [5.41, 5.74) is 1.34. The van der Waals surface area contributed by atoms with Crippen LogP contribution in [0.2, 0.25) is 0 Å². The Hall–Kier alpha value is -1.18. The predicted molar refractivity (Wildman–Crippen MR) is 80.9 cm³/mol. The third-order valence-electron chi connectivity index (χ3n) is 2.97. The van der Waals surface area contributed by atoms with Crippen molar-refractivity contribution in [2.24, 2.45) is 5.92 Å². The van der Waals surface area contributed by atoms with Crippen LogP contribution in [0.4, 0.5) is 0 Å². The van der Waals surface area contributed by atoms with Crippen LogP contribution in [0.15, 0.2) is 18.2 Å². The first-order valence-electron chi connectivity index (χ1n) is 7.47. The van der Waals surface area contributed by atoms with E-state index < -0.39 is 5.79 Å². The van der Waals surface area contributed by atoms with Crippen LogP contribution >= 0.6 is 0 Å². The summed E-state index contributed by atoms with van der Waals surface area (Å²) < 4.78 is 11.4. The van der Waals surface area contributed by atoms with E-state index in [-0.39, 0.29) is 0 Å². The summed E-state index contributed by atoms with van der Waals surface area (Å²) in [6, 6.07) is 6.28. The number of hydrogen-bond acceptors (Lipinski definition) is 2. The van der Waals surface area contributed by atoms with E-state index in [2.05, 4.69) is 26.0 Å². The minimum atomic E-state index is -0.515. The summed E-state index contributed by atoms with van der Waals surface area (Å²) in [7, 11) is 0. The minimum absolute atomic E-state index is 0.515. The van der Waals surface area contributed by atoms with Crippen molar-refractivity contribution < 1.29 is 9.47 Å². The van der Waals surface area contributed by atoms with Gasteiger partial charge in [-0.05, 0) is 36.5 Å². The fourth-order valence-corrected chi connectivity index (χ4v) is 2.14. The Morgan fingerprint density at radius 3 is 2.32 bits per heavy atom. The van der Waals surface area contributed by atoms with Gasteiger partial charge in [0.1, 0.15) is 0 Å². The van der Waals surface area contributed by atoms with Crippen LogP contribution in [0, 0.1) is 5.92 Å². The quantitative estimate of drug-likeness (QED) is 0.744. The molecule has 0 amide bonds. The van der Waals surface area contributed by atoms with Gasteiger partial charge in [-0.3, -0.25) is 0 Å². The number of benzene rings is 1. The molecule has 1 aliphatic rings. The second-order valence-corrected chi connectivity index (χ2v) is 5.67. The number of rotatable bonds is 4. The third kappa shape index (κ3) is 4.77. The first-order chi connectivity index (χ1) is 8.96. The van der Waals surface area contributed by atoms with Crippen molar-refractivity contribution >= 4 is 0 Å². The van der Waals surface area contributed by atoms with E-state index in [0.29, 0.717) is 0 Å². The molecule has 0 N–H and O–H groups in total. The molecular formula is C17H28O2. The maximum absolute atomic E-state index is 5.74. The highest BCUT2D eigenvalue weighted by atomic mass is 16.7.